The summed E-state index contributed by atoms with van der Waals surface area (Å²) in [7, 11) is 0. The molecule has 0 fully saturated rings. The first-order chi connectivity index (χ1) is 20.7. The van der Waals surface area contributed by atoms with Crippen molar-refractivity contribution < 1.29 is 68.4 Å². The zero-order valence-corrected chi connectivity index (χ0v) is 28.9. The SMILES string of the molecule is CC(C)n1c(CC[C@@H](O)C[C@@H](O)CC(=O)[O-])c(-c2ccc(F)cc2)c(-c2ccccc2)c1C(=O)NCCC(=O)OC(C)(C)C.[Na+]. The van der Waals surface area contributed by atoms with Crippen LogP contribution in [0.3, 0.4) is 0 Å². The largest absolute Gasteiger partial charge is 1.00 e. The Morgan fingerprint density at radius 2 is 1.56 bits per heavy atom. The molecule has 3 rings (SSSR count). The maximum Gasteiger partial charge on any atom is 1.00 e. The fraction of sp³-hybridized carbons (Fsp3) is 0.441. The van der Waals surface area contributed by atoms with Crippen molar-refractivity contribution in [2.45, 2.75) is 90.6 Å². The molecular weight excluding hydrogens is 590 g/mol. The Morgan fingerprint density at radius 3 is 2.11 bits per heavy atom. The van der Waals surface area contributed by atoms with Gasteiger partial charge in [0.1, 0.15) is 17.1 Å². The van der Waals surface area contributed by atoms with Gasteiger partial charge >= 0.3 is 35.5 Å². The normalized spacial score (nSPS) is 12.7. The Balaban J connectivity index is 0.00000705. The number of benzene rings is 2. The van der Waals surface area contributed by atoms with Crippen molar-refractivity contribution in [1.82, 2.24) is 9.88 Å². The van der Waals surface area contributed by atoms with Gasteiger partial charge in [-0.05, 0) is 77.1 Å². The minimum atomic E-state index is -1.41. The van der Waals surface area contributed by atoms with Crippen molar-refractivity contribution in [2.75, 3.05) is 6.54 Å². The number of aliphatic carboxylic acids is 1. The van der Waals surface area contributed by atoms with Crippen LogP contribution in [0.15, 0.2) is 54.6 Å². The molecule has 2 aromatic carbocycles. The first-order valence-electron chi connectivity index (χ1n) is 14.8. The standard InChI is InChI=1S/C34H43FN2O7.Na/c1-21(2)37-27(16-15-25(38)19-26(39)20-28(40)41)30(23-11-13-24(35)14-12-23)31(22-9-7-6-8-10-22)32(37)33(43)36-18-17-29(42)44-34(3,4)5;/h6-14,21,25-26,38-39H,15-20H2,1-5H3,(H,36,43)(H,40,41);/q;+1/p-1/t25-,26-;/m1./s1. The van der Waals surface area contributed by atoms with E-state index in [0.717, 1.165) is 5.56 Å². The number of carboxylic acid groups (broad SMARTS) is 1. The van der Waals surface area contributed by atoms with Gasteiger partial charge in [-0.15, -0.1) is 0 Å². The Hall–Kier alpha value is -3.02. The number of aromatic nitrogens is 1. The van der Waals surface area contributed by atoms with Crippen LogP contribution >= 0.6 is 0 Å². The number of aliphatic hydroxyl groups is 2. The van der Waals surface area contributed by atoms with Crippen molar-refractivity contribution in [1.29, 1.82) is 0 Å². The molecule has 9 nitrogen and oxygen atoms in total. The van der Waals surface area contributed by atoms with Crippen LogP contribution in [0.25, 0.3) is 22.3 Å². The van der Waals surface area contributed by atoms with Crippen molar-refractivity contribution in [3.05, 3.63) is 71.8 Å². The third kappa shape index (κ3) is 11.1. The van der Waals surface area contributed by atoms with E-state index < -0.39 is 47.9 Å². The molecule has 1 aromatic heterocycles. The number of hydrogen-bond donors (Lipinski definition) is 3. The number of amides is 1. The second-order valence-electron chi connectivity index (χ2n) is 12.1. The van der Waals surface area contributed by atoms with Crippen molar-refractivity contribution >= 4 is 17.8 Å². The molecule has 0 spiro atoms. The van der Waals surface area contributed by atoms with Gasteiger partial charge in [-0.25, -0.2) is 4.39 Å². The van der Waals surface area contributed by atoms with Gasteiger partial charge < -0.3 is 34.7 Å². The van der Waals surface area contributed by atoms with Gasteiger partial charge in [0.25, 0.3) is 5.91 Å². The van der Waals surface area contributed by atoms with Gasteiger partial charge in [-0.1, -0.05) is 42.5 Å². The fourth-order valence-corrected chi connectivity index (χ4v) is 5.26. The van der Waals surface area contributed by atoms with Crippen molar-refractivity contribution in [3.63, 3.8) is 0 Å². The van der Waals surface area contributed by atoms with Gasteiger partial charge in [0.2, 0.25) is 0 Å². The quantitative estimate of drug-likeness (QED) is 0.179. The van der Waals surface area contributed by atoms with E-state index in [1.807, 2.05) is 48.7 Å². The van der Waals surface area contributed by atoms with Gasteiger partial charge in [0, 0.05) is 41.8 Å². The Morgan fingerprint density at radius 1 is 0.956 bits per heavy atom. The minimum absolute atomic E-state index is 0. The van der Waals surface area contributed by atoms with Crippen LogP contribution in [0.5, 0.6) is 0 Å². The predicted molar refractivity (Wildman–Crippen MR) is 163 cm³/mol. The molecule has 1 amide bonds. The van der Waals surface area contributed by atoms with Crippen molar-refractivity contribution in [3.8, 4) is 22.3 Å². The average Bonchev–Trinajstić information content (AvgIpc) is 3.27. The van der Waals surface area contributed by atoms with Crippen LogP contribution in [0.2, 0.25) is 0 Å². The summed E-state index contributed by atoms with van der Waals surface area (Å²) >= 11 is 0. The van der Waals surface area contributed by atoms with E-state index in [0.29, 0.717) is 28.1 Å². The van der Waals surface area contributed by atoms with E-state index in [1.165, 1.54) is 12.1 Å². The number of esters is 1. The number of carboxylic acids is 1. The van der Waals surface area contributed by atoms with Crippen LogP contribution in [-0.4, -0.2) is 57.0 Å². The smallest absolute Gasteiger partial charge is 0.550 e. The second-order valence-corrected chi connectivity index (χ2v) is 12.1. The zero-order valence-electron chi connectivity index (χ0n) is 26.9. The summed E-state index contributed by atoms with van der Waals surface area (Å²) in [5, 5.41) is 34.5. The molecule has 0 saturated heterocycles. The molecule has 1 heterocycles. The average molecular weight is 633 g/mol. The molecule has 0 bridgehead atoms. The molecule has 2 atom stereocenters. The molecule has 0 aliphatic heterocycles. The summed E-state index contributed by atoms with van der Waals surface area (Å²) < 4.78 is 21.3. The maximum absolute atomic E-state index is 14.0. The summed E-state index contributed by atoms with van der Waals surface area (Å²) in [6.45, 7) is 9.19. The monoisotopic (exact) mass is 632 g/mol. The van der Waals surface area contributed by atoms with Crippen LogP contribution in [0.4, 0.5) is 4.39 Å². The minimum Gasteiger partial charge on any atom is -0.550 e. The summed E-state index contributed by atoms with van der Waals surface area (Å²) in [4.78, 5) is 37.2. The van der Waals surface area contributed by atoms with E-state index in [4.69, 9.17) is 4.74 Å². The number of nitrogens with zero attached hydrogens (tertiary/aromatic N) is 1. The molecule has 0 aliphatic rings. The Bertz CT molecular complexity index is 1430. The number of aliphatic hydroxyl groups excluding tert-OH is 2. The number of nitrogens with one attached hydrogen (secondary N) is 1. The van der Waals surface area contributed by atoms with Gasteiger partial charge in [0.05, 0.1) is 18.6 Å². The van der Waals surface area contributed by atoms with E-state index >= 15 is 0 Å². The van der Waals surface area contributed by atoms with Crippen LogP contribution in [-0.2, 0) is 20.7 Å². The van der Waals surface area contributed by atoms with E-state index in [1.54, 1.807) is 32.9 Å². The van der Waals surface area contributed by atoms with Gasteiger partial charge in [-0.2, -0.15) is 0 Å². The van der Waals surface area contributed by atoms with Gasteiger partial charge in [-0.3, -0.25) is 9.59 Å². The van der Waals surface area contributed by atoms with E-state index in [-0.39, 0.29) is 67.8 Å². The molecule has 45 heavy (non-hydrogen) atoms. The maximum atomic E-state index is 14.0. The molecule has 238 valence electrons. The molecule has 3 aromatic rings. The number of carbonyl (C=O) groups is 3. The second kappa shape index (κ2) is 17.1. The predicted octanol–water partition coefficient (Wildman–Crippen LogP) is 1.19. The number of rotatable bonds is 14. The number of ether oxygens (including phenoxy) is 1. The van der Waals surface area contributed by atoms with E-state index in [9.17, 15) is 34.1 Å². The van der Waals surface area contributed by atoms with E-state index in [2.05, 4.69) is 5.32 Å². The summed E-state index contributed by atoms with van der Waals surface area (Å²) in [6.07, 6.45) is -2.66. The number of halogens is 1. The Labute approximate surface area is 286 Å². The third-order valence-corrected chi connectivity index (χ3v) is 6.93. The number of hydrogen-bond acceptors (Lipinski definition) is 7. The summed E-state index contributed by atoms with van der Waals surface area (Å²) in [5.41, 5.74) is 3.10. The fourth-order valence-electron chi connectivity index (χ4n) is 5.26. The molecule has 0 radical (unpaired) electrons. The first-order valence-corrected chi connectivity index (χ1v) is 14.8. The topological polar surface area (TPSA) is 141 Å². The first kappa shape index (κ1) is 38.2. The summed E-state index contributed by atoms with van der Waals surface area (Å²) in [5.74, 6) is -2.69. The molecule has 11 heteroatoms. The molecule has 3 N–H and O–H groups in total. The summed E-state index contributed by atoms with van der Waals surface area (Å²) in [6, 6.07) is 15.0. The third-order valence-electron chi connectivity index (χ3n) is 6.93. The molecule has 0 unspecified atom stereocenters. The molecule has 0 aliphatic carbocycles. The van der Waals surface area contributed by atoms with Crippen LogP contribution in [0, 0.1) is 5.82 Å². The molecular formula is C34H42FN2NaO7. The molecule has 0 saturated carbocycles. The van der Waals surface area contributed by atoms with Crippen LogP contribution in [0.1, 0.15) is 82.5 Å². The van der Waals surface area contributed by atoms with Gasteiger partial charge in [0.15, 0.2) is 0 Å². The zero-order chi connectivity index (χ0) is 32.6. The van der Waals surface area contributed by atoms with Crippen LogP contribution < -0.4 is 40.0 Å². The van der Waals surface area contributed by atoms with Crippen molar-refractivity contribution in [2.24, 2.45) is 0 Å². The Kier molecular flexibility index (Phi) is 14.5. The number of carbonyl (C=O) groups excluding carboxylic acids is 3.